The second kappa shape index (κ2) is 4.85. The fraction of sp³-hybridized carbons (Fsp3) is 1.00. The summed E-state index contributed by atoms with van der Waals surface area (Å²) in [5.74, 6) is 0. The first-order chi connectivity index (χ1) is 6.20. The highest BCUT2D eigenvalue weighted by Crippen LogP contribution is 2.22. The van der Waals surface area contributed by atoms with Crippen LogP contribution in [0, 0.1) is 0 Å². The summed E-state index contributed by atoms with van der Waals surface area (Å²) in [7, 11) is 0. The zero-order chi connectivity index (χ0) is 9.84. The Balaban J connectivity index is 2.40. The first-order valence-corrected chi connectivity index (χ1v) is 4.19. The summed E-state index contributed by atoms with van der Waals surface area (Å²) >= 11 is 0. The Labute approximate surface area is 75.7 Å². The molecule has 0 saturated heterocycles. The van der Waals surface area contributed by atoms with E-state index in [0.29, 0.717) is 6.42 Å². The minimum Gasteiger partial charge on any atom is -0.394 e. The van der Waals surface area contributed by atoms with E-state index in [0.717, 1.165) is 0 Å². The third-order valence-corrected chi connectivity index (χ3v) is 2.22. The molecule has 4 atom stereocenters. The molecule has 78 valence electrons. The van der Waals surface area contributed by atoms with Crippen LogP contribution < -0.4 is 5.48 Å². The molecule has 2 unspecified atom stereocenters. The summed E-state index contributed by atoms with van der Waals surface area (Å²) in [5, 5.41) is 35.7. The highest BCUT2D eigenvalue weighted by molar-refractivity contribution is 4.94. The number of nitrogens with one attached hydrogen (secondary N) is 1. The average molecular weight is 193 g/mol. The van der Waals surface area contributed by atoms with E-state index in [2.05, 4.69) is 0 Å². The van der Waals surface area contributed by atoms with Crippen molar-refractivity contribution in [1.29, 1.82) is 0 Å². The molecule has 1 aliphatic rings. The van der Waals surface area contributed by atoms with Gasteiger partial charge in [-0.15, -0.1) is 0 Å². The fourth-order valence-electron chi connectivity index (χ4n) is 1.49. The molecule has 6 heteroatoms. The Morgan fingerprint density at radius 1 is 1.31 bits per heavy atom. The van der Waals surface area contributed by atoms with Crippen molar-refractivity contribution in [1.82, 2.24) is 5.48 Å². The number of aliphatic hydroxyl groups excluding tert-OH is 3. The maximum atomic E-state index is 9.38. The fourth-order valence-corrected chi connectivity index (χ4v) is 1.49. The van der Waals surface area contributed by atoms with Crippen LogP contribution in [-0.4, -0.2) is 58.1 Å². The maximum Gasteiger partial charge on any atom is 0.108 e. The molecule has 6 nitrogen and oxygen atoms in total. The van der Waals surface area contributed by atoms with E-state index < -0.39 is 24.4 Å². The monoisotopic (exact) mass is 193 g/mol. The number of rotatable bonds is 4. The number of hydrogen-bond donors (Lipinski definition) is 5. The molecule has 0 aliphatic heterocycles. The number of hydrogen-bond acceptors (Lipinski definition) is 6. The van der Waals surface area contributed by atoms with E-state index in [9.17, 15) is 10.2 Å². The van der Waals surface area contributed by atoms with Crippen LogP contribution in [0.3, 0.4) is 0 Å². The van der Waals surface area contributed by atoms with E-state index in [1.807, 2.05) is 5.48 Å². The minimum absolute atomic E-state index is 0.118. The van der Waals surface area contributed by atoms with Gasteiger partial charge in [0.15, 0.2) is 0 Å². The lowest BCUT2D eigenvalue weighted by molar-refractivity contribution is -0.0644. The average Bonchev–Trinajstić information content (AvgIpc) is 2.41. The Morgan fingerprint density at radius 3 is 2.46 bits per heavy atom. The quantitative estimate of drug-likeness (QED) is 0.326. The highest BCUT2D eigenvalue weighted by Gasteiger charge is 2.41. The predicted octanol–water partition coefficient (Wildman–Crippen LogP) is -2.16. The van der Waals surface area contributed by atoms with Crippen molar-refractivity contribution in [3.8, 4) is 0 Å². The highest BCUT2D eigenvalue weighted by atomic mass is 16.5. The third kappa shape index (κ3) is 2.37. The summed E-state index contributed by atoms with van der Waals surface area (Å²) in [6.07, 6.45) is -2.27. The van der Waals surface area contributed by atoms with Gasteiger partial charge in [0.1, 0.15) is 12.2 Å². The van der Waals surface area contributed by atoms with Gasteiger partial charge in [0.05, 0.1) is 25.4 Å². The number of aliphatic hydroxyl groups is 3. The Bertz CT molecular complexity index is 156. The summed E-state index contributed by atoms with van der Waals surface area (Å²) < 4.78 is 5.06. The molecular weight excluding hydrogens is 178 g/mol. The lowest BCUT2D eigenvalue weighted by atomic mass is 10.2. The van der Waals surface area contributed by atoms with E-state index >= 15 is 0 Å². The molecule has 0 aromatic rings. The van der Waals surface area contributed by atoms with Gasteiger partial charge in [0, 0.05) is 0 Å². The van der Waals surface area contributed by atoms with Crippen LogP contribution in [0.15, 0.2) is 0 Å². The van der Waals surface area contributed by atoms with Crippen molar-refractivity contribution in [3.05, 3.63) is 0 Å². The van der Waals surface area contributed by atoms with Gasteiger partial charge in [0.2, 0.25) is 0 Å². The van der Waals surface area contributed by atoms with Crippen LogP contribution in [0.1, 0.15) is 6.42 Å². The lowest BCUT2D eigenvalue weighted by Gasteiger charge is -2.16. The van der Waals surface area contributed by atoms with Crippen LogP contribution >= 0.6 is 0 Å². The standard InChI is InChI=1S/C7H15NO5/c9-1-2-13-5-3-4(8-12)6(10)7(5)11/h4-12H,1-3H2/t4?,5?,6-,7+/m0/s1. The zero-order valence-corrected chi connectivity index (χ0v) is 7.13. The zero-order valence-electron chi connectivity index (χ0n) is 7.13. The second-order valence-corrected chi connectivity index (χ2v) is 3.09. The van der Waals surface area contributed by atoms with Crippen molar-refractivity contribution in [3.63, 3.8) is 0 Å². The van der Waals surface area contributed by atoms with Gasteiger partial charge in [-0.25, -0.2) is 0 Å². The van der Waals surface area contributed by atoms with Gasteiger partial charge in [-0.2, -0.15) is 5.48 Å². The van der Waals surface area contributed by atoms with Crippen LogP contribution in [0.5, 0.6) is 0 Å². The molecule has 1 saturated carbocycles. The van der Waals surface area contributed by atoms with Crippen molar-refractivity contribution < 1.29 is 25.3 Å². The van der Waals surface area contributed by atoms with Crippen molar-refractivity contribution in [2.24, 2.45) is 0 Å². The molecule has 1 aliphatic carbocycles. The molecule has 0 radical (unpaired) electrons. The van der Waals surface area contributed by atoms with Gasteiger partial charge in [-0.1, -0.05) is 0 Å². The topological polar surface area (TPSA) is 102 Å². The molecule has 13 heavy (non-hydrogen) atoms. The predicted molar refractivity (Wildman–Crippen MR) is 42.2 cm³/mol. The van der Waals surface area contributed by atoms with Crippen LogP contribution in [0.25, 0.3) is 0 Å². The minimum atomic E-state index is -1.03. The van der Waals surface area contributed by atoms with Gasteiger partial charge in [-0.3, -0.25) is 0 Å². The summed E-state index contributed by atoms with van der Waals surface area (Å²) in [6, 6.07) is -0.571. The summed E-state index contributed by atoms with van der Waals surface area (Å²) in [5.41, 5.74) is 1.90. The van der Waals surface area contributed by atoms with Crippen LogP contribution in [0.4, 0.5) is 0 Å². The van der Waals surface area contributed by atoms with Gasteiger partial charge in [0.25, 0.3) is 0 Å². The number of ether oxygens (including phenoxy) is 1. The van der Waals surface area contributed by atoms with Crippen LogP contribution in [0.2, 0.25) is 0 Å². The molecule has 0 heterocycles. The van der Waals surface area contributed by atoms with E-state index in [4.69, 9.17) is 15.1 Å². The third-order valence-electron chi connectivity index (χ3n) is 2.22. The maximum absolute atomic E-state index is 9.38. The summed E-state index contributed by atoms with van der Waals surface area (Å²) in [4.78, 5) is 0. The van der Waals surface area contributed by atoms with E-state index in [1.165, 1.54) is 0 Å². The van der Waals surface area contributed by atoms with Gasteiger partial charge < -0.3 is 25.3 Å². The van der Waals surface area contributed by atoms with Crippen molar-refractivity contribution in [2.45, 2.75) is 30.8 Å². The van der Waals surface area contributed by atoms with E-state index in [-0.39, 0.29) is 13.2 Å². The number of hydroxylamine groups is 1. The van der Waals surface area contributed by atoms with Crippen molar-refractivity contribution >= 4 is 0 Å². The molecule has 0 amide bonds. The molecule has 0 aromatic heterocycles. The first kappa shape index (κ1) is 10.8. The van der Waals surface area contributed by atoms with Crippen molar-refractivity contribution in [2.75, 3.05) is 13.2 Å². The largest absolute Gasteiger partial charge is 0.394 e. The molecular formula is C7H15NO5. The Kier molecular flexibility index (Phi) is 4.04. The van der Waals surface area contributed by atoms with Crippen LogP contribution in [-0.2, 0) is 4.74 Å². The van der Waals surface area contributed by atoms with Gasteiger partial charge >= 0.3 is 0 Å². The smallest absolute Gasteiger partial charge is 0.108 e. The second-order valence-electron chi connectivity index (χ2n) is 3.09. The molecule has 0 aromatic carbocycles. The Morgan fingerprint density at radius 2 is 2.00 bits per heavy atom. The molecule has 1 rings (SSSR count). The normalized spacial score (nSPS) is 39.7. The Hall–Kier alpha value is -0.240. The molecule has 0 spiro atoms. The SMILES string of the molecule is OCCOC1CC(NO)[C@H](O)[C@@H]1O. The lowest BCUT2D eigenvalue weighted by Crippen LogP contribution is -2.38. The first-order valence-electron chi connectivity index (χ1n) is 4.19. The molecule has 1 fully saturated rings. The van der Waals surface area contributed by atoms with Gasteiger partial charge in [-0.05, 0) is 6.42 Å². The molecule has 0 bridgehead atoms. The molecule has 5 N–H and O–H groups in total. The van der Waals surface area contributed by atoms with E-state index in [1.54, 1.807) is 0 Å². The summed E-state index contributed by atoms with van der Waals surface area (Å²) in [6.45, 7) is -0.0108.